The number of fused-ring (bicyclic) bond motifs is 1. The molecule has 0 radical (unpaired) electrons. The molecule has 0 fully saturated rings. The molecule has 0 saturated carbocycles. The van der Waals surface area contributed by atoms with E-state index in [9.17, 15) is 4.79 Å². The number of halogens is 1. The van der Waals surface area contributed by atoms with Crippen molar-refractivity contribution in [2.75, 3.05) is 0 Å². The van der Waals surface area contributed by atoms with Gasteiger partial charge in [-0.2, -0.15) is 0 Å². The van der Waals surface area contributed by atoms with Crippen molar-refractivity contribution < 1.29 is 0 Å². The fourth-order valence-electron chi connectivity index (χ4n) is 3.06. The Morgan fingerprint density at radius 2 is 1.88 bits per heavy atom. The first-order chi connectivity index (χ1) is 12.2. The highest BCUT2D eigenvalue weighted by Gasteiger charge is 2.13. The minimum absolute atomic E-state index is 0.00830. The van der Waals surface area contributed by atoms with Gasteiger partial charge in [0.15, 0.2) is 0 Å². The van der Waals surface area contributed by atoms with E-state index >= 15 is 0 Å². The van der Waals surface area contributed by atoms with Crippen LogP contribution in [0.2, 0.25) is 5.02 Å². The molecule has 0 aliphatic rings. The van der Waals surface area contributed by atoms with Gasteiger partial charge in [0.05, 0.1) is 17.4 Å². The van der Waals surface area contributed by atoms with Gasteiger partial charge in [0.1, 0.15) is 0 Å². The lowest BCUT2D eigenvalue weighted by atomic mass is 10.2. The number of hydrogen-bond acceptors (Lipinski definition) is 2. The van der Waals surface area contributed by atoms with Gasteiger partial charge >= 0.3 is 0 Å². The number of hydrogen-bond donors (Lipinski definition) is 0. The molecule has 124 valence electrons. The van der Waals surface area contributed by atoms with Crippen LogP contribution >= 0.6 is 11.6 Å². The van der Waals surface area contributed by atoms with Crippen LogP contribution < -0.4 is 5.56 Å². The van der Waals surface area contributed by atoms with E-state index in [0.29, 0.717) is 11.6 Å². The Hall–Kier alpha value is -2.85. The van der Waals surface area contributed by atoms with Crippen LogP contribution in [-0.4, -0.2) is 14.1 Å². The quantitative estimate of drug-likeness (QED) is 0.545. The second kappa shape index (κ2) is 6.22. The first-order valence-corrected chi connectivity index (χ1v) is 8.47. The zero-order chi connectivity index (χ0) is 17.4. The van der Waals surface area contributed by atoms with Crippen LogP contribution in [0.1, 0.15) is 6.92 Å². The molecule has 1 aromatic carbocycles. The molecule has 3 aromatic heterocycles. The Kier molecular flexibility index (Phi) is 3.90. The zero-order valence-electron chi connectivity index (χ0n) is 13.7. The van der Waals surface area contributed by atoms with Crippen molar-refractivity contribution in [3.8, 4) is 16.9 Å². The summed E-state index contributed by atoms with van der Waals surface area (Å²) in [4.78, 5) is 16.5. The summed E-state index contributed by atoms with van der Waals surface area (Å²) in [5, 5.41) is 1.75. The van der Waals surface area contributed by atoms with Crippen LogP contribution in [0.4, 0.5) is 0 Å². The minimum Gasteiger partial charge on any atom is -0.316 e. The number of aromatic nitrogens is 3. The molecule has 4 nitrogen and oxygen atoms in total. The Labute approximate surface area is 149 Å². The standard InChI is InChI=1S/C20H16ClN3O/c1-2-23-10-8-15(12-20(23)25)18-11-14-7-9-22-13-19(14)24(18)17-5-3-16(21)4-6-17/h3-13H,2H2,1H3. The first-order valence-electron chi connectivity index (χ1n) is 8.09. The molecule has 25 heavy (non-hydrogen) atoms. The van der Waals surface area contributed by atoms with Crippen LogP contribution in [0.3, 0.4) is 0 Å². The van der Waals surface area contributed by atoms with Crippen molar-refractivity contribution in [2.45, 2.75) is 13.5 Å². The molecule has 0 bridgehead atoms. The summed E-state index contributed by atoms with van der Waals surface area (Å²) in [6.45, 7) is 2.61. The topological polar surface area (TPSA) is 39.8 Å². The Balaban J connectivity index is 2.00. The number of rotatable bonds is 3. The van der Waals surface area contributed by atoms with Crippen LogP contribution in [0.15, 0.2) is 71.9 Å². The van der Waals surface area contributed by atoms with E-state index in [1.54, 1.807) is 16.8 Å². The molecular weight excluding hydrogens is 334 g/mol. The molecule has 4 rings (SSSR count). The summed E-state index contributed by atoms with van der Waals surface area (Å²) < 4.78 is 3.78. The van der Waals surface area contributed by atoms with Crippen molar-refractivity contribution in [3.63, 3.8) is 0 Å². The van der Waals surface area contributed by atoms with Gasteiger partial charge in [-0.1, -0.05) is 11.6 Å². The van der Waals surface area contributed by atoms with E-state index in [0.717, 1.165) is 27.8 Å². The van der Waals surface area contributed by atoms with Gasteiger partial charge in [-0.3, -0.25) is 9.78 Å². The molecule has 0 atom stereocenters. The van der Waals surface area contributed by atoms with Crippen molar-refractivity contribution >= 4 is 22.5 Å². The maximum absolute atomic E-state index is 12.3. The average molecular weight is 350 g/mol. The van der Waals surface area contributed by atoms with Gasteiger partial charge in [-0.25, -0.2) is 0 Å². The monoisotopic (exact) mass is 349 g/mol. The molecule has 0 unspecified atom stereocenters. The number of nitrogens with zero attached hydrogens (tertiary/aromatic N) is 3. The van der Waals surface area contributed by atoms with Crippen LogP contribution in [-0.2, 0) is 6.54 Å². The van der Waals surface area contributed by atoms with E-state index in [-0.39, 0.29) is 5.56 Å². The highest BCUT2D eigenvalue weighted by atomic mass is 35.5. The Morgan fingerprint density at radius 3 is 2.60 bits per heavy atom. The highest BCUT2D eigenvalue weighted by molar-refractivity contribution is 6.30. The smallest absolute Gasteiger partial charge is 0.251 e. The number of benzene rings is 1. The minimum atomic E-state index is -0.00830. The zero-order valence-corrected chi connectivity index (χ0v) is 14.4. The third kappa shape index (κ3) is 2.75. The molecule has 5 heteroatoms. The lowest BCUT2D eigenvalue weighted by molar-refractivity contribution is 0.727. The molecule has 0 aliphatic carbocycles. The Morgan fingerprint density at radius 1 is 1.08 bits per heavy atom. The third-order valence-corrected chi connectivity index (χ3v) is 4.58. The second-order valence-electron chi connectivity index (χ2n) is 5.82. The second-order valence-corrected chi connectivity index (χ2v) is 6.25. The molecule has 4 aromatic rings. The fraction of sp³-hybridized carbons (Fsp3) is 0.100. The predicted octanol–water partition coefficient (Wildman–Crippen LogP) is 4.53. The lowest BCUT2D eigenvalue weighted by Crippen LogP contribution is -2.17. The summed E-state index contributed by atoms with van der Waals surface area (Å²) in [5.74, 6) is 0. The normalized spacial score (nSPS) is 11.1. The largest absolute Gasteiger partial charge is 0.316 e. The van der Waals surface area contributed by atoms with Gasteiger partial charge < -0.3 is 9.13 Å². The summed E-state index contributed by atoms with van der Waals surface area (Å²) in [6.07, 6.45) is 5.44. The van der Waals surface area contributed by atoms with E-state index < -0.39 is 0 Å². The van der Waals surface area contributed by atoms with E-state index in [4.69, 9.17) is 11.6 Å². The lowest BCUT2D eigenvalue weighted by Gasteiger charge is -2.12. The molecule has 0 amide bonds. The molecular formula is C20H16ClN3O. The van der Waals surface area contributed by atoms with Crippen molar-refractivity contribution in [1.29, 1.82) is 0 Å². The van der Waals surface area contributed by atoms with Crippen molar-refractivity contribution in [2.24, 2.45) is 0 Å². The highest BCUT2D eigenvalue weighted by Crippen LogP contribution is 2.31. The van der Waals surface area contributed by atoms with Crippen LogP contribution in [0, 0.1) is 0 Å². The maximum Gasteiger partial charge on any atom is 0.251 e. The van der Waals surface area contributed by atoms with Crippen molar-refractivity contribution in [1.82, 2.24) is 14.1 Å². The van der Waals surface area contributed by atoms with Gasteiger partial charge in [-0.05, 0) is 49.4 Å². The SMILES string of the molecule is CCn1ccc(-c2cc3ccncc3n2-c2ccc(Cl)cc2)cc1=O. The summed E-state index contributed by atoms with van der Waals surface area (Å²) in [6, 6.07) is 15.3. The van der Waals surface area contributed by atoms with E-state index in [2.05, 4.69) is 15.6 Å². The van der Waals surface area contributed by atoms with Crippen LogP contribution in [0.25, 0.3) is 27.8 Å². The maximum atomic E-state index is 12.3. The molecule has 3 heterocycles. The summed E-state index contributed by atoms with van der Waals surface area (Å²) in [7, 11) is 0. The molecule has 0 spiro atoms. The summed E-state index contributed by atoms with van der Waals surface area (Å²) in [5.41, 5.74) is 3.78. The van der Waals surface area contributed by atoms with Crippen molar-refractivity contribution in [3.05, 3.63) is 82.5 Å². The third-order valence-electron chi connectivity index (χ3n) is 4.32. The fourth-order valence-corrected chi connectivity index (χ4v) is 3.18. The number of aryl methyl sites for hydroxylation is 1. The van der Waals surface area contributed by atoms with Gasteiger partial charge in [0.2, 0.25) is 0 Å². The Bertz CT molecular complexity index is 1110. The molecule has 0 aliphatic heterocycles. The average Bonchev–Trinajstić information content (AvgIpc) is 3.02. The van der Waals surface area contributed by atoms with E-state index in [1.165, 1.54) is 0 Å². The van der Waals surface area contributed by atoms with Gasteiger partial charge in [0, 0.05) is 46.7 Å². The molecule has 0 N–H and O–H groups in total. The van der Waals surface area contributed by atoms with Gasteiger partial charge in [0.25, 0.3) is 5.56 Å². The number of pyridine rings is 2. The van der Waals surface area contributed by atoms with E-state index in [1.807, 2.05) is 55.7 Å². The summed E-state index contributed by atoms with van der Waals surface area (Å²) >= 11 is 6.04. The molecule has 0 saturated heterocycles. The van der Waals surface area contributed by atoms with Crippen LogP contribution in [0.5, 0.6) is 0 Å². The first kappa shape index (κ1) is 15.7. The predicted molar refractivity (Wildman–Crippen MR) is 101 cm³/mol. The van der Waals surface area contributed by atoms with Gasteiger partial charge in [-0.15, -0.1) is 0 Å².